The zero-order chi connectivity index (χ0) is 18.9. The summed E-state index contributed by atoms with van der Waals surface area (Å²) in [6.45, 7) is 7.72. The number of imide groups is 1. The van der Waals surface area contributed by atoms with Gasteiger partial charge in [-0.2, -0.15) is 0 Å². The largest absolute Gasteiger partial charge is 0.374 e. The van der Waals surface area contributed by atoms with E-state index in [0.717, 1.165) is 24.2 Å². The number of hydrogen-bond acceptors (Lipinski definition) is 4. The zero-order valence-corrected chi connectivity index (χ0v) is 15.7. The van der Waals surface area contributed by atoms with Crippen LogP contribution in [0.5, 0.6) is 0 Å². The molecule has 2 saturated heterocycles. The maximum atomic E-state index is 14.7. The minimum Gasteiger partial charge on any atom is -0.374 e. The van der Waals surface area contributed by atoms with E-state index in [1.807, 2.05) is 24.3 Å². The molecule has 2 heterocycles. The van der Waals surface area contributed by atoms with E-state index in [2.05, 4.69) is 36.3 Å². The summed E-state index contributed by atoms with van der Waals surface area (Å²) in [6, 6.07) is 7.27. The van der Waals surface area contributed by atoms with Gasteiger partial charge in [-0.05, 0) is 57.9 Å². The molecule has 3 unspecified atom stereocenters. The maximum Gasteiger partial charge on any atom is 0.249 e. The van der Waals surface area contributed by atoms with Crippen LogP contribution in [0, 0.1) is 0 Å². The van der Waals surface area contributed by atoms with Crippen LogP contribution in [-0.2, 0) is 9.59 Å². The van der Waals surface area contributed by atoms with Crippen molar-refractivity contribution in [2.24, 2.45) is 0 Å². The number of anilines is 1. The van der Waals surface area contributed by atoms with E-state index in [1.54, 1.807) is 0 Å². The molecule has 3 atom stereocenters. The first-order valence-electron chi connectivity index (χ1n) is 9.33. The normalized spacial score (nSPS) is 27.9. The molecule has 1 aromatic rings. The fraction of sp³-hybridized carbons (Fsp3) is 0.600. The molecule has 0 radical (unpaired) electrons. The Labute approximate surface area is 154 Å². The van der Waals surface area contributed by atoms with Crippen molar-refractivity contribution in [2.75, 3.05) is 18.4 Å². The van der Waals surface area contributed by atoms with E-state index in [-0.39, 0.29) is 23.3 Å². The quantitative estimate of drug-likeness (QED) is 0.813. The Morgan fingerprint density at radius 1 is 1.15 bits per heavy atom. The third kappa shape index (κ3) is 4.23. The molecule has 0 aromatic heterocycles. The summed E-state index contributed by atoms with van der Waals surface area (Å²) in [5.41, 5.74) is 1.80. The van der Waals surface area contributed by atoms with Crippen LogP contribution in [0.1, 0.15) is 51.5 Å². The summed E-state index contributed by atoms with van der Waals surface area (Å²) in [7, 11) is 0. The number of benzene rings is 1. The Hall–Kier alpha value is -1.95. The fourth-order valence-corrected chi connectivity index (χ4v) is 3.75. The van der Waals surface area contributed by atoms with E-state index in [0.29, 0.717) is 19.4 Å². The summed E-state index contributed by atoms with van der Waals surface area (Å²) < 4.78 is 14.7. The topological polar surface area (TPSA) is 61.4 Å². The van der Waals surface area contributed by atoms with Crippen LogP contribution < -0.4 is 10.6 Å². The molecule has 0 bridgehead atoms. The van der Waals surface area contributed by atoms with Crippen LogP contribution in [0.4, 0.5) is 10.1 Å². The van der Waals surface area contributed by atoms with E-state index < -0.39 is 12.2 Å². The predicted molar refractivity (Wildman–Crippen MR) is 99.8 cm³/mol. The number of rotatable bonds is 3. The van der Waals surface area contributed by atoms with E-state index in [1.165, 1.54) is 0 Å². The fourth-order valence-electron chi connectivity index (χ4n) is 3.75. The second kappa shape index (κ2) is 7.35. The molecular weight excluding hydrogens is 333 g/mol. The lowest BCUT2D eigenvalue weighted by Crippen LogP contribution is -2.50. The van der Waals surface area contributed by atoms with Gasteiger partial charge in [0.2, 0.25) is 11.8 Å². The molecule has 2 aliphatic heterocycles. The molecule has 5 nitrogen and oxygen atoms in total. The SMILES string of the molecule is CC(C)(C)N1CCC(c2ccc(NC3CCC(=O)NC3=O)cc2)C(F)C1. The number of likely N-dealkylation sites (tertiary alicyclic amines) is 1. The van der Waals surface area contributed by atoms with Gasteiger partial charge in [0.25, 0.3) is 0 Å². The van der Waals surface area contributed by atoms with Gasteiger partial charge >= 0.3 is 0 Å². The molecule has 2 amide bonds. The van der Waals surface area contributed by atoms with Crippen LogP contribution >= 0.6 is 0 Å². The third-order valence-corrected chi connectivity index (χ3v) is 5.41. The van der Waals surface area contributed by atoms with Gasteiger partial charge in [0.05, 0.1) is 0 Å². The highest BCUT2D eigenvalue weighted by Crippen LogP contribution is 2.33. The molecule has 2 N–H and O–H groups in total. The molecule has 0 saturated carbocycles. The second-order valence-electron chi connectivity index (χ2n) is 8.30. The summed E-state index contributed by atoms with van der Waals surface area (Å²) in [4.78, 5) is 25.2. The highest BCUT2D eigenvalue weighted by molar-refractivity contribution is 6.01. The summed E-state index contributed by atoms with van der Waals surface area (Å²) >= 11 is 0. The average Bonchev–Trinajstić information content (AvgIpc) is 2.57. The van der Waals surface area contributed by atoms with Gasteiger partial charge in [-0.1, -0.05) is 12.1 Å². The molecule has 2 aliphatic rings. The van der Waals surface area contributed by atoms with Gasteiger partial charge in [0.15, 0.2) is 0 Å². The molecule has 0 spiro atoms. The van der Waals surface area contributed by atoms with Crippen molar-refractivity contribution in [3.05, 3.63) is 29.8 Å². The first-order chi connectivity index (χ1) is 12.2. The standard InChI is InChI=1S/C20H28FN3O2/c1-20(2,3)24-11-10-15(16(21)12-24)13-4-6-14(7-5-13)22-17-8-9-18(25)23-19(17)26/h4-7,15-17,22H,8-12H2,1-3H3,(H,23,25,26). The van der Waals surface area contributed by atoms with Crippen molar-refractivity contribution in [1.29, 1.82) is 0 Å². The van der Waals surface area contributed by atoms with Crippen molar-refractivity contribution in [3.63, 3.8) is 0 Å². The van der Waals surface area contributed by atoms with Gasteiger partial charge in [0, 0.05) is 30.1 Å². The van der Waals surface area contributed by atoms with E-state index in [4.69, 9.17) is 0 Å². The summed E-state index contributed by atoms with van der Waals surface area (Å²) in [5.74, 6) is -0.596. The predicted octanol–water partition coefficient (Wildman–Crippen LogP) is 2.83. The van der Waals surface area contributed by atoms with Crippen molar-refractivity contribution < 1.29 is 14.0 Å². The first kappa shape index (κ1) is 18.8. The number of nitrogens with zero attached hydrogens (tertiary/aromatic N) is 1. The van der Waals surface area contributed by atoms with Gasteiger partial charge < -0.3 is 5.32 Å². The molecule has 0 aliphatic carbocycles. The summed E-state index contributed by atoms with van der Waals surface area (Å²) in [6.07, 6.45) is 0.761. The maximum absolute atomic E-state index is 14.7. The number of carbonyl (C=O) groups is 2. The second-order valence-corrected chi connectivity index (χ2v) is 8.30. The monoisotopic (exact) mass is 361 g/mol. The van der Waals surface area contributed by atoms with E-state index >= 15 is 0 Å². The Morgan fingerprint density at radius 3 is 2.42 bits per heavy atom. The van der Waals surface area contributed by atoms with Crippen molar-refractivity contribution in [3.8, 4) is 0 Å². The molecule has 3 rings (SSSR count). The minimum absolute atomic E-state index is 0.00889. The average molecular weight is 361 g/mol. The number of piperidine rings is 2. The lowest BCUT2D eigenvalue weighted by atomic mass is 9.86. The number of carbonyl (C=O) groups excluding carboxylic acids is 2. The molecule has 1 aromatic carbocycles. The molecular formula is C20H28FN3O2. The molecule has 142 valence electrons. The highest BCUT2D eigenvalue weighted by atomic mass is 19.1. The van der Waals surface area contributed by atoms with Crippen molar-refractivity contribution in [1.82, 2.24) is 10.2 Å². The van der Waals surface area contributed by atoms with Crippen LogP contribution in [0.2, 0.25) is 0 Å². The van der Waals surface area contributed by atoms with E-state index in [9.17, 15) is 14.0 Å². The van der Waals surface area contributed by atoms with Crippen LogP contribution in [0.25, 0.3) is 0 Å². The highest BCUT2D eigenvalue weighted by Gasteiger charge is 2.34. The Balaban J connectivity index is 1.61. The Bertz CT molecular complexity index is 669. The lowest BCUT2D eigenvalue weighted by molar-refractivity contribution is -0.133. The number of alkyl halides is 1. The van der Waals surface area contributed by atoms with Crippen molar-refractivity contribution >= 4 is 17.5 Å². The number of amides is 2. The van der Waals surface area contributed by atoms with Gasteiger partial charge in [-0.15, -0.1) is 0 Å². The number of hydrogen-bond donors (Lipinski definition) is 2. The smallest absolute Gasteiger partial charge is 0.249 e. The number of halogens is 1. The van der Waals surface area contributed by atoms with Crippen molar-refractivity contribution in [2.45, 2.75) is 63.7 Å². The Morgan fingerprint density at radius 2 is 1.85 bits per heavy atom. The van der Waals surface area contributed by atoms with Crippen LogP contribution in [0.15, 0.2) is 24.3 Å². The number of nitrogens with one attached hydrogen (secondary N) is 2. The first-order valence-corrected chi connectivity index (χ1v) is 9.33. The van der Waals surface area contributed by atoms with Gasteiger partial charge in [0.1, 0.15) is 12.2 Å². The zero-order valence-electron chi connectivity index (χ0n) is 15.7. The third-order valence-electron chi connectivity index (χ3n) is 5.41. The molecule has 26 heavy (non-hydrogen) atoms. The van der Waals surface area contributed by atoms with Gasteiger partial charge in [-0.3, -0.25) is 19.8 Å². The van der Waals surface area contributed by atoms with Gasteiger partial charge in [-0.25, -0.2) is 4.39 Å². The molecule has 2 fully saturated rings. The minimum atomic E-state index is -0.878. The van der Waals surface area contributed by atoms with Crippen LogP contribution in [-0.4, -0.2) is 47.6 Å². The summed E-state index contributed by atoms with van der Waals surface area (Å²) in [5, 5.41) is 5.49. The Kier molecular flexibility index (Phi) is 5.32. The lowest BCUT2D eigenvalue weighted by Gasteiger charge is -2.42. The molecule has 6 heteroatoms. The van der Waals surface area contributed by atoms with Crippen LogP contribution in [0.3, 0.4) is 0 Å².